The van der Waals surface area contributed by atoms with Crippen molar-refractivity contribution in [3.05, 3.63) is 65.7 Å². The molecule has 8 nitrogen and oxygen atoms in total. The number of anilines is 1. The van der Waals surface area contributed by atoms with E-state index in [4.69, 9.17) is 4.42 Å². The molecule has 2 aromatic carbocycles. The van der Waals surface area contributed by atoms with Gasteiger partial charge in [0.05, 0.1) is 18.4 Å². The SMILES string of the molecule is Fc1cc(-c2nnc(C(F)F)o2)ccc1Cn1cc(-c2ccc(F)c(N3CCNCC3)c2)nn1. The average molecular weight is 473 g/mol. The van der Waals surface area contributed by atoms with Gasteiger partial charge in [-0.1, -0.05) is 11.3 Å². The van der Waals surface area contributed by atoms with Gasteiger partial charge in [-0.3, -0.25) is 0 Å². The summed E-state index contributed by atoms with van der Waals surface area (Å²) in [5.74, 6) is -1.91. The Hall–Kier alpha value is -3.80. The van der Waals surface area contributed by atoms with Gasteiger partial charge < -0.3 is 14.6 Å². The Morgan fingerprint density at radius 2 is 1.74 bits per heavy atom. The smallest absolute Gasteiger partial charge is 0.314 e. The molecular formula is C22H19F4N7O. The zero-order valence-electron chi connectivity index (χ0n) is 17.8. The molecule has 2 aromatic heterocycles. The quantitative estimate of drug-likeness (QED) is 0.428. The Morgan fingerprint density at radius 3 is 2.47 bits per heavy atom. The van der Waals surface area contributed by atoms with Crippen LogP contribution in [0.5, 0.6) is 0 Å². The Balaban J connectivity index is 1.33. The fraction of sp³-hybridized carbons (Fsp3) is 0.273. The van der Waals surface area contributed by atoms with E-state index in [0.29, 0.717) is 35.6 Å². The third kappa shape index (κ3) is 4.49. The molecule has 0 amide bonds. The summed E-state index contributed by atoms with van der Waals surface area (Å²) < 4.78 is 60.7. The average Bonchev–Trinajstić information content (AvgIpc) is 3.52. The van der Waals surface area contributed by atoms with Crippen LogP contribution in [0, 0.1) is 11.6 Å². The van der Waals surface area contributed by atoms with E-state index in [0.717, 1.165) is 19.2 Å². The number of piperazine rings is 1. The molecule has 1 aliphatic heterocycles. The standard InChI is InChI=1S/C22H19F4N7O/c23-16-4-3-13(10-19(16)32-7-5-27-6-8-32)18-12-33(31-28-18)11-15-2-1-14(9-17(15)24)21-29-30-22(34-21)20(25)26/h1-4,9-10,12,20,27H,5-8,11H2. The van der Waals surface area contributed by atoms with E-state index in [1.807, 2.05) is 4.90 Å². The van der Waals surface area contributed by atoms with Gasteiger partial charge >= 0.3 is 6.43 Å². The molecule has 1 N–H and O–H groups in total. The molecule has 0 bridgehead atoms. The Labute approximate surface area is 191 Å². The molecule has 0 unspecified atom stereocenters. The summed E-state index contributed by atoms with van der Waals surface area (Å²) >= 11 is 0. The van der Waals surface area contributed by atoms with E-state index >= 15 is 0 Å². The van der Waals surface area contributed by atoms with Gasteiger partial charge in [0.15, 0.2) is 0 Å². The number of halogens is 4. The maximum absolute atomic E-state index is 14.7. The van der Waals surface area contributed by atoms with Crippen LogP contribution in [0.15, 0.2) is 47.0 Å². The molecule has 12 heteroatoms. The Bertz CT molecular complexity index is 1300. The van der Waals surface area contributed by atoms with Gasteiger partial charge in [-0.05, 0) is 30.3 Å². The number of rotatable bonds is 6. The highest BCUT2D eigenvalue weighted by Gasteiger charge is 2.19. The van der Waals surface area contributed by atoms with Crippen LogP contribution in [-0.2, 0) is 6.54 Å². The number of hydrogen-bond acceptors (Lipinski definition) is 7. The number of benzene rings is 2. The van der Waals surface area contributed by atoms with Gasteiger partial charge in [0.2, 0.25) is 5.89 Å². The second-order valence-electron chi connectivity index (χ2n) is 7.76. The summed E-state index contributed by atoms with van der Waals surface area (Å²) in [6.07, 6.45) is -1.25. The van der Waals surface area contributed by atoms with Gasteiger partial charge in [-0.2, -0.15) is 8.78 Å². The largest absolute Gasteiger partial charge is 0.415 e. The predicted octanol–water partition coefficient (Wildman–Crippen LogP) is 3.67. The number of aromatic nitrogens is 5. The van der Waals surface area contributed by atoms with Crippen LogP contribution >= 0.6 is 0 Å². The molecule has 34 heavy (non-hydrogen) atoms. The van der Waals surface area contributed by atoms with Gasteiger partial charge in [-0.25, -0.2) is 13.5 Å². The van der Waals surface area contributed by atoms with Crippen LogP contribution in [0.3, 0.4) is 0 Å². The summed E-state index contributed by atoms with van der Waals surface area (Å²) in [4.78, 5) is 1.98. The highest BCUT2D eigenvalue weighted by atomic mass is 19.3. The molecule has 4 aromatic rings. The van der Waals surface area contributed by atoms with Crippen LogP contribution in [0.1, 0.15) is 17.9 Å². The lowest BCUT2D eigenvalue weighted by Crippen LogP contribution is -2.43. The van der Waals surface area contributed by atoms with E-state index in [9.17, 15) is 17.6 Å². The van der Waals surface area contributed by atoms with E-state index in [2.05, 4.69) is 25.8 Å². The first kappa shape index (κ1) is 22.0. The highest BCUT2D eigenvalue weighted by molar-refractivity contribution is 5.65. The maximum Gasteiger partial charge on any atom is 0.314 e. The number of nitrogens with zero attached hydrogens (tertiary/aromatic N) is 6. The second kappa shape index (κ2) is 9.21. The highest BCUT2D eigenvalue weighted by Crippen LogP contribution is 2.28. The van der Waals surface area contributed by atoms with Crippen molar-refractivity contribution in [3.8, 4) is 22.7 Å². The fourth-order valence-electron chi connectivity index (χ4n) is 3.75. The summed E-state index contributed by atoms with van der Waals surface area (Å²) in [6, 6.07) is 8.89. The second-order valence-corrected chi connectivity index (χ2v) is 7.76. The number of hydrogen-bond donors (Lipinski definition) is 1. The van der Waals surface area contributed by atoms with E-state index in [-0.39, 0.29) is 23.8 Å². The topological polar surface area (TPSA) is 84.9 Å². The van der Waals surface area contributed by atoms with Gasteiger partial charge in [-0.15, -0.1) is 15.3 Å². The molecule has 176 valence electrons. The molecular weight excluding hydrogens is 454 g/mol. The Kier molecular flexibility index (Phi) is 5.97. The lowest BCUT2D eigenvalue weighted by molar-refractivity contribution is 0.116. The molecule has 1 saturated heterocycles. The van der Waals surface area contributed by atoms with Crippen molar-refractivity contribution in [2.45, 2.75) is 13.0 Å². The van der Waals surface area contributed by atoms with Crippen molar-refractivity contribution < 1.29 is 22.0 Å². The van der Waals surface area contributed by atoms with E-state index < -0.39 is 18.1 Å². The fourth-order valence-corrected chi connectivity index (χ4v) is 3.75. The van der Waals surface area contributed by atoms with Crippen LogP contribution in [-0.4, -0.2) is 51.4 Å². The van der Waals surface area contributed by atoms with Crippen molar-refractivity contribution >= 4 is 5.69 Å². The van der Waals surface area contributed by atoms with E-state index in [1.54, 1.807) is 18.3 Å². The summed E-state index contributed by atoms with van der Waals surface area (Å²) in [5.41, 5.74) is 2.22. The van der Waals surface area contributed by atoms with Crippen molar-refractivity contribution in [2.24, 2.45) is 0 Å². The zero-order valence-corrected chi connectivity index (χ0v) is 17.8. The van der Waals surface area contributed by atoms with E-state index in [1.165, 1.54) is 22.9 Å². The van der Waals surface area contributed by atoms with Crippen molar-refractivity contribution in [3.63, 3.8) is 0 Å². The summed E-state index contributed by atoms with van der Waals surface area (Å²) in [5, 5.41) is 18.2. The van der Waals surface area contributed by atoms with Gasteiger partial charge in [0.25, 0.3) is 5.89 Å². The third-order valence-electron chi connectivity index (χ3n) is 5.50. The monoisotopic (exact) mass is 473 g/mol. The molecule has 0 saturated carbocycles. The molecule has 1 fully saturated rings. The summed E-state index contributed by atoms with van der Waals surface area (Å²) in [6.45, 7) is 3.05. The van der Waals surface area contributed by atoms with Crippen LogP contribution < -0.4 is 10.2 Å². The van der Waals surface area contributed by atoms with Crippen LogP contribution in [0.25, 0.3) is 22.7 Å². The van der Waals surface area contributed by atoms with Crippen molar-refractivity contribution in [1.82, 2.24) is 30.5 Å². The van der Waals surface area contributed by atoms with Gasteiger partial charge in [0, 0.05) is 42.9 Å². The predicted molar refractivity (Wildman–Crippen MR) is 114 cm³/mol. The van der Waals surface area contributed by atoms with Crippen molar-refractivity contribution in [2.75, 3.05) is 31.1 Å². The number of alkyl halides is 2. The molecule has 5 rings (SSSR count). The first-order valence-electron chi connectivity index (χ1n) is 10.5. The summed E-state index contributed by atoms with van der Waals surface area (Å²) in [7, 11) is 0. The first-order valence-corrected chi connectivity index (χ1v) is 10.5. The molecule has 0 radical (unpaired) electrons. The molecule has 3 heterocycles. The lowest BCUT2D eigenvalue weighted by Gasteiger charge is -2.29. The lowest BCUT2D eigenvalue weighted by atomic mass is 10.1. The minimum absolute atomic E-state index is 0.0804. The maximum atomic E-state index is 14.7. The normalized spacial score (nSPS) is 14.2. The van der Waals surface area contributed by atoms with Crippen molar-refractivity contribution in [1.29, 1.82) is 0 Å². The minimum Gasteiger partial charge on any atom is -0.415 e. The molecule has 1 aliphatic rings. The zero-order chi connectivity index (χ0) is 23.7. The molecule has 0 atom stereocenters. The molecule has 0 aliphatic carbocycles. The number of nitrogens with one attached hydrogen (secondary N) is 1. The Morgan fingerprint density at radius 1 is 0.941 bits per heavy atom. The van der Waals surface area contributed by atoms with Gasteiger partial charge in [0.1, 0.15) is 17.3 Å². The van der Waals surface area contributed by atoms with Crippen LogP contribution in [0.2, 0.25) is 0 Å². The third-order valence-corrected chi connectivity index (χ3v) is 5.50. The molecule has 0 spiro atoms. The first-order chi connectivity index (χ1) is 16.5. The van der Waals surface area contributed by atoms with Crippen LogP contribution in [0.4, 0.5) is 23.2 Å². The minimum atomic E-state index is -2.90.